The quantitative estimate of drug-likeness (QED) is 0.495. The third kappa shape index (κ3) is 6.57. The summed E-state index contributed by atoms with van der Waals surface area (Å²) in [6, 6.07) is 9.80. The molecule has 5 rings (SSSR count). The van der Waals surface area contributed by atoms with Gasteiger partial charge in [-0.15, -0.1) is 11.3 Å². The Morgan fingerprint density at radius 2 is 1.82 bits per heavy atom. The van der Waals surface area contributed by atoms with Crippen molar-refractivity contribution in [1.82, 2.24) is 10.3 Å². The number of aromatic nitrogens is 1. The topological polar surface area (TPSA) is 103 Å². The second-order valence-corrected chi connectivity index (χ2v) is 14.2. The van der Waals surface area contributed by atoms with Crippen LogP contribution in [0.2, 0.25) is 0 Å². The molecule has 1 saturated heterocycles. The maximum Gasteiger partial charge on any atom is 0.389 e. The molecule has 3 aliphatic rings. The first kappa shape index (κ1) is 27.9. The van der Waals surface area contributed by atoms with E-state index in [2.05, 4.69) is 11.4 Å². The average Bonchev–Trinajstić information content (AvgIpc) is 3.55. The highest BCUT2D eigenvalue weighted by Crippen LogP contribution is 2.45. The fourth-order valence-electron chi connectivity index (χ4n) is 5.48. The minimum atomic E-state index is -4.29. The zero-order valence-electron chi connectivity index (χ0n) is 21.5. The summed E-state index contributed by atoms with van der Waals surface area (Å²) in [5.74, 6) is -0.602. The number of sulfone groups is 1. The van der Waals surface area contributed by atoms with Crippen molar-refractivity contribution < 1.29 is 26.4 Å². The second-order valence-electron chi connectivity index (χ2n) is 10.8. The van der Waals surface area contributed by atoms with Gasteiger partial charge >= 0.3 is 6.18 Å². The van der Waals surface area contributed by atoms with Crippen molar-refractivity contribution in [3.05, 3.63) is 35.0 Å². The number of carbonyl (C=O) groups is 1. The van der Waals surface area contributed by atoms with Crippen LogP contribution >= 0.6 is 11.3 Å². The summed E-state index contributed by atoms with van der Waals surface area (Å²) in [7, 11) is -3.01. The van der Waals surface area contributed by atoms with Crippen molar-refractivity contribution in [2.45, 2.75) is 69.0 Å². The average molecular weight is 581 g/mol. The molecule has 0 spiro atoms. The fraction of sp³-hybridized carbons (Fsp3) is 0.593. The summed E-state index contributed by atoms with van der Waals surface area (Å²) in [5.41, 5.74) is 1.58. The number of halogens is 3. The molecule has 2 saturated carbocycles. The van der Waals surface area contributed by atoms with Crippen molar-refractivity contribution in [2.24, 2.45) is 5.92 Å². The molecule has 1 aliphatic heterocycles. The lowest BCUT2D eigenvalue weighted by atomic mass is 9.76. The van der Waals surface area contributed by atoms with Crippen LogP contribution in [0.15, 0.2) is 24.3 Å². The Morgan fingerprint density at radius 3 is 2.44 bits per heavy atom. The Bertz CT molecular complexity index is 1350. The van der Waals surface area contributed by atoms with E-state index in [0.29, 0.717) is 49.5 Å². The van der Waals surface area contributed by atoms with E-state index in [1.54, 1.807) is 0 Å². The van der Waals surface area contributed by atoms with E-state index in [0.717, 1.165) is 29.0 Å². The largest absolute Gasteiger partial charge is 0.389 e. The molecule has 2 aliphatic carbocycles. The van der Waals surface area contributed by atoms with Gasteiger partial charge < -0.3 is 10.2 Å². The number of hydrogen-bond acceptors (Lipinski definition) is 7. The molecule has 2 atom stereocenters. The number of benzene rings is 1. The van der Waals surface area contributed by atoms with Crippen LogP contribution in [0.4, 0.5) is 18.9 Å². The second kappa shape index (κ2) is 10.7. The van der Waals surface area contributed by atoms with Gasteiger partial charge in [0.1, 0.15) is 5.54 Å². The molecule has 2 aromatic rings. The maximum atomic E-state index is 13.3. The van der Waals surface area contributed by atoms with Crippen LogP contribution in [0.25, 0.3) is 10.4 Å². The molecular formula is C27H31F3N4O3S2. The fourth-order valence-corrected chi connectivity index (χ4v) is 7.82. The first-order valence-corrected chi connectivity index (χ1v) is 16.0. The molecule has 0 bridgehead atoms. The van der Waals surface area contributed by atoms with Gasteiger partial charge in [0.2, 0.25) is 5.91 Å². The number of nitriles is 1. The molecule has 3 fully saturated rings. The number of alkyl halides is 3. The van der Waals surface area contributed by atoms with Crippen LogP contribution in [-0.2, 0) is 21.1 Å². The van der Waals surface area contributed by atoms with Gasteiger partial charge in [-0.1, -0.05) is 25.0 Å². The summed E-state index contributed by atoms with van der Waals surface area (Å²) in [4.78, 5) is 20.8. The van der Waals surface area contributed by atoms with E-state index in [4.69, 9.17) is 4.98 Å². The summed E-state index contributed by atoms with van der Waals surface area (Å²) < 4.78 is 62.6. The molecule has 1 aromatic carbocycles. The van der Waals surface area contributed by atoms with Crippen molar-refractivity contribution in [1.29, 1.82) is 5.26 Å². The number of nitrogens with zero attached hydrogens (tertiary/aromatic N) is 3. The van der Waals surface area contributed by atoms with E-state index in [9.17, 15) is 31.6 Å². The van der Waals surface area contributed by atoms with E-state index in [1.807, 2.05) is 29.2 Å². The Labute approximate surface area is 230 Å². The summed E-state index contributed by atoms with van der Waals surface area (Å²) >= 11 is 1.24. The predicted molar refractivity (Wildman–Crippen MR) is 143 cm³/mol. The standard InChI is InChI=1S/C27H31F3N4O3S2/c28-27(29,30)10-9-22-32-23(20-3-1-2-4-21(20)25(35)33-26(17-31)11-12-26)24(38-22)18-5-7-19(8-6-18)34-13-15-39(36,37)16-14-34/h5-8,20-21H,1-4,9-16H2,(H,33,35). The predicted octanol–water partition coefficient (Wildman–Crippen LogP) is 4.99. The molecule has 2 heterocycles. The first-order valence-electron chi connectivity index (χ1n) is 13.3. The lowest BCUT2D eigenvalue weighted by Crippen LogP contribution is -2.42. The van der Waals surface area contributed by atoms with Crippen LogP contribution in [-0.4, -0.2) is 55.6 Å². The van der Waals surface area contributed by atoms with Crippen LogP contribution < -0.4 is 10.2 Å². The minimum Gasteiger partial charge on any atom is -0.369 e. The number of carbonyl (C=O) groups excluding carboxylic acids is 1. The molecule has 1 amide bonds. The number of amides is 1. The van der Waals surface area contributed by atoms with Gasteiger partial charge in [-0.05, 0) is 43.4 Å². The van der Waals surface area contributed by atoms with Crippen LogP contribution in [0.5, 0.6) is 0 Å². The number of nitrogens with one attached hydrogen (secondary N) is 1. The summed E-state index contributed by atoms with van der Waals surface area (Å²) in [5, 5.41) is 12.8. The normalized spacial score (nSPS) is 24.1. The smallest absolute Gasteiger partial charge is 0.369 e. The Kier molecular flexibility index (Phi) is 7.68. The minimum absolute atomic E-state index is 0.106. The molecule has 12 heteroatoms. The van der Waals surface area contributed by atoms with E-state index in [1.165, 1.54) is 11.3 Å². The molecule has 39 heavy (non-hydrogen) atoms. The molecule has 0 radical (unpaired) electrons. The van der Waals surface area contributed by atoms with Gasteiger partial charge in [-0.2, -0.15) is 18.4 Å². The summed E-state index contributed by atoms with van der Waals surface area (Å²) in [6.07, 6.45) is -1.11. The monoisotopic (exact) mass is 580 g/mol. The highest BCUT2D eigenvalue weighted by molar-refractivity contribution is 7.91. The van der Waals surface area contributed by atoms with Gasteiger partial charge in [-0.25, -0.2) is 13.4 Å². The first-order chi connectivity index (χ1) is 18.5. The zero-order chi connectivity index (χ0) is 27.8. The Morgan fingerprint density at radius 1 is 1.15 bits per heavy atom. The number of anilines is 1. The lowest BCUT2D eigenvalue weighted by molar-refractivity contribution is -0.134. The molecule has 7 nitrogen and oxygen atoms in total. The molecular weight excluding hydrogens is 549 g/mol. The highest BCUT2D eigenvalue weighted by atomic mass is 32.2. The van der Waals surface area contributed by atoms with Crippen molar-refractivity contribution in [2.75, 3.05) is 29.5 Å². The molecule has 1 aromatic heterocycles. The number of aryl methyl sites for hydroxylation is 1. The summed E-state index contributed by atoms with van der Waals surface area (Å²) in [6.45, 7) is 0.830. The molecule has 2 unspecified atom stereocenters. The number of hydrogen-bond donors (Lipinski definition) is 1. The zero-order valence-corrected chi connectivity index (χ0v) is 23.1. The molecule has 210 valence electrons. The maximum absolute atomic E-state index is 13.3. The molecule has 1 N–H and O–H groups in total. The van der Waals surface area contributed by atoms with Crippen molar-refractivity contribution >= 4 is 32.8 Å². The van der Waals surface area contributed by atoms with Crippen LogP contribution in [0, 0.1) is 17.2 Å². The van der Waals surface area contributed by atoms with Crippen molar-refractivity contribution in [3.63, 3.8) is 0 Å². The number of thiazole rings is 1. The van der Waals surface area contributed by atoms with Gasteiger partial charge in [0, 0.05) is 43.5 Å². The van der Waals surface area contributed by atoms with Crippen molar-refractivity contribution in [3.8, 4) is 16.5 Å². The third-order valence-corrected chi connectivity index (χ3v) is 10.7. The number of rotatable bonds is 7. The Balaban J connectivity index is 1.43. The van der Waals surface area contributed by atoms with Crippen LogP contribution in [0.3, 0.4) is 0 Å². The SMILES string of the molecule is N#CC1(NC(=O)C2CCCCC2c2nc(CCC(F)(F)F)sc2-c2ccc(N3CCS(=O)(=O)CC3)cc2)CC1. The van der Waals surface area contributed by atoms with E-state index in [-0.39, 0.29) is 29.8 Å². The Hall–Kier alpha value is -2.65. The van der Waals surface area contributed by atoms with Gasteiger partial charge in [0.25, 0.3) is 0 Å². The van der Waals surface area contributed by atoms with Gasteiger partial charge in [0.05, 0.1) is 33.2 Å². The van der Waals surface area contributed by atoms with E-state index >= 15 is 0 Å². The van der Waals surface area contributed by atoms with E-state index < -0.39 is 33.9 Å². The third-order valence-electron chi connectivity index (χ3n) is 7.94. The van der Waals surface area contributed by atoms with Gasteiger partial charge in [0.15, 0.2) is 9.84 Å². The highest BCUT2D eigenvalue weighted by Gasteiger charge is 2.47. The van der Waals surface area contributed by atoms with Gasteiger partial charge in [-0.3, -0.25) is 4.79 Å². The lowest BCUT2D eigenvalue weighted by Gasteiger charge is -2.31. The van der Waals surface area contributed by atoms with Crippen LogP contribution in [0.1, 0.15) is 61.6 Å².